The molecule has 0 aliphatic heterocycles. The minimum Gasteiger partial charge on any atom is -0.322 e. The van der Waals surface area contributed by atoms with Crippen LogP contribution in [0.15, 0.2) is 9.59 Å². The highest BCUT2D eigenvalue weighted by Crippen LogP contribution is 2.12. The van der Waals surface area contributed by atoms with Crippen LogP contribution in [-0.4, -0.2) is 39.3 Å². The molecule has 0 aromatic carbocycles. The van der Waals surface area contributed by atoms with E-state index in [2.05, 4.69) is 25.6 Å². The van der Waals surface area contributed by atoms with Crippen LogP contribution in [0.2, 0.25) is 0 Å². The van der Waals surface area contributed by atoms with Crippen LogP contribution in [0.25, 0.3) is 11.2 Å². The zero-order valence-corrected chi connectivity index (χ0v) is 14.0. The number of H-pyrrole nitrogens is 1. The highest BCUT2D eigenvalue weighted by Gasteiger charge is 2.19. The van der Waals surface area contributed by atoms with Crippen molar-refractivity contribution in [2.24, 2.45) is 7.05 Å². The molecule has 3 aromatic heterocycles. The van der Waals surface area contributed by atoms with Gasteiger partial charge in [-0.2, -0.15) is 5.21 Å². The first-order valence-corrected chi connectivity index (χ1v) is 7.99. The molecule has 0 bridgehead atoms. The number of imidazole rings is 1. The Labute approximate surface area is 137 Å². The van der Waals surface area contributed by atoms with E-state index < -0.39 is 0 Å². The Kier molecular flexibility index (Phi) is 4.28. The quantitative estimate of drug-likeness (QED) is 0.658. The number of aromatic amines is 1. The van der Waals surface area contributed by atoms with E-state index in [0.29, 0.717) is 36.4 Å². The Balaban J connectivity index is 2.17. The second kappa shape index (κ2) is 6.38. The molecule has 0 radical (unpaired) electrons. The van der Waals surface area contributed by atoms with Crippen molar-refractivity contribution >= 4 is 11.2 Å². The molecule has 0 unspecified atom stereocenters. The predicted octanol–water partition coefficient (Wildman–Crippen LogP) is -0.375. The number of hydrogen-bond donors (Lipinski definition) is 1. The van der Waals surface area contributed by atoms with E-state index in [4.69, 9.17) is 0 Å². The summed E-state index contributed by atoms with van der Waals surface area (Å²) in [7, 11) is 1.64. The molecule has 10 nitrogen and oxygen atoms in total. The number of nitrogens with zero attached hydrogens (tertiary/aromatic N) is 7. The van der Waals surface area contributed by atoms with Gasteiger partial charge < -0.3 is 4.57 Å². The first-order chi connectivity index (χ1) is 11.6. The maximum absolute atomic E-state index is 12.9. The summed E-state index contributed by atoms with van der Waals surface area (Å²) in [4.78, 5) is 29.9. The molecule has 0 amide bonds. The number of tetrazole rings is 1. The third-order valence-corrected chi connectivity index (χ3v) is 4.02. The second-order valence-corrected chi connectivity index (χ2v) is 5.58. The van der Waals surface area contributed by atoms with Gasteiger partial charge in [0.05, 0.1) is 0 Å². The highest BCUT2D eigenvalue weighted by atomic mass is 16.2. The minimum absolute atomic E-state index is 0.194. The fourth-order valence-corrected chi connectivity index (χ4v) is 2.85. The van der Waals surface area contributed by atoms with Crippen LogP contribution < -0.4 is 11.2 Å². The van der Waals surface area contributed by atoms with Crippen molar-refractivity contribution < 1.29 is 0 Å². The first kappa shape index (κ1) is 16.1. The van der Waals surface area contributed by atoms with Gasteiger partial charge in [0.25, 0.3) is 5.56 Å². The smallest absolute Gasteiger partial charge is 0.322 e. The SMILES string of the molecule is CCCn1c(CC)nc2c1c(=O)n(CCc1nn[nH]n1)c(=O)n2C. The fraction of sp³-hybridized carbons (Fsp3) is 0.571. The van der Waals surface area contributed by atoms with Gasteiger partial charge >= 0.3 is 5.69 Å². The van der Waals surface area contributed by atoms with Crippen LogP contribution in [0.3, 0.4) is 0 Å². The molecule has 0 saturated heterocycles. The van der Waals surface area contributed by atoms with E-state index in [9.17, 15) is 9.59 Å². The molecule has 3 rings (SSSR count). The monoisotopic (exact) mass is 332 g/mol. The van der Waals surface area contributed by atoms with Crippen molar-refractivity contribution in [3.05, 3.63) is 32.5 Å². The average molecular weight is 332 g/mol. The number of hydrogen-bond acceptors (Lipinski definition) is 6. The van der Waals surface area contributed by atoms with Crippen molar-refractivity contribution in [2.75, 3.05) is 0 Å². The van der Waals surface area contributed by atoms with E-state index in [1.807, 2.05) is 18.4 Å². The third-order valence-electron chi connectivity index (χ3n) is 4.02. The molecular formula is C14H20N8O2. The third kappa shape index (κ3) is 2.53. The van der Waals surface area contributed by atoms with E-state index >= 15 is 0 Å². The van der Waals surface area contributed by atoms with Gasteiger partial charge in [-0.25, -0.2) is 9.78 Å². The fourth-order valence-electron chi connectivity index (χ4n) is 2.85. The summed E-state index contributed by atoms with van der Waals surface area (Å²) in [6.45, 7) is 4.92. The summed E-state index contributed by atoms with van der Waals surface area (Å²) in [6, 6.07) is 0. The molecule has 3 aromatic rings. The molecule has 128 valence electrons. The van der Waals surface area contributed by atoms with Gasteiger partial charge in [0.1, 0.15) is 5.82 Å². The maximum Gasteiger partial charge on any atom is 0.332 e. The summed E-state index contributed by atoms with van der Waals surface area (Å²) >= 11 is 0. The Morgan fingerprint density at radius 1 is 1.12 bits per heavy atom. The zero-order valence-electron chi connectivity index (χ0n) is 14.0. The molecule has 0 aliphatic rings. The molecular weight excluding hydrogens is 312 g/mol. The molecule has 3 heterocycles. The van der Waals surface area contributed by atoms with Crippen molar-refractivity contribution in [2.45, 2.75) is 46.2 Å². The summed E-state index contributed by atoms with van der Waals surface area (Å²) < 4.78 is 4.56. The molecule has 0 atom stereocenters. The Morgan fingerprint density at radius 2 is 1.92 bits per heavy atom. The normalized spacial score (nSPS) is 11.5. The van der Waals surface area contributed by atoms with Crippen LogP contribution in [0.4, 0.5) is 0 Å². The lowest BCUT2D eigenvalue weighted by Crippen LogP contribution is -2.40. The predicted molar refractivity (Wildman–Crippen MR) is 86.8 cm³/mol. The topological polar surface area (TPSA) is 116 Å². The molecule has 10 heteroatoms. The van der Waals surface area contributed by atoms with Gasteiger partial charge in [0, 0.05) is 33.0 Å². The average Bonchev–Trinajstić information content (AvgIpc) is 3.21. The molecule has 0 saturated carbocycles. The number of nitrogens with one attached hydrogen (secondary N) is 1. The van der Waals surface area contributed by atoms with Gasteiger partial charge in [-0.3, -0.25) is 13.9 Å². The van der Waals surface area contributed by atoms with Gasteiger partial charge in [-0.05, 0) is 6.42 Å². The molecule has 1 N–H and O–H groups in total. The number of aromatic nitrogens is 8. The summed E-state index contributed by atoms with van der Waals surface area (Å²) in [6.07, 6.45) is 1.93. The van der Waals surface area contributed by atoms with E-state index in [-0.39, 0.29) is 17.8 Å². The van der Waals surface area contributed by atoms with Gasteiger partial charge in [0.2, 0.25) is 0 Å². The van der Waals surface area contributed by atoms with Crippen molar-refractivity contribution in [3.8, 4) is 0 Å². The zero-order chi connectivity index (χ0) is 17.3. The largest absolute Gasteiger partial charge is 0.332 e. The number of aryl methyl sites for hydroxylation is 4. The van der Waals surface area contributed by atoms with E-state index in [1.54, 1.807) is 7.05 Å². The lowest BCUT2D eigenvalue weighted by Gasteiger charge is -2.09. The molecule has 0 aliphatic carbocycles. The highest BCUT2D eigenvalue weighted by molar-refractivity contribution is 5.71. The van der Waals surface area contributed by atoms with Crippen LogP contribution in [-0.2, 0) is 33.0 Å². The number of fused-ring (bicyclic) bond motifs is 1. The summed E-state index contributed by atoms with van der Waals surface area (Å²) in [5.41, 5.74) is 0.201. The van der Waals surface area contributed by atoms with Crippen LogP contribution >= 0.6 is 0 Å². The van der Waals surface area contributed by atoms with Gasteiger partial charge in [-0.15, -0.1) is 10.2 Å². The number of rotatable bonds is 6. The molecule has 24 heavy (non-hydrogen) atoms. The minimum atomic E-state index is -0.389. The van der Waals surface area contributed by atoms with Crippen molar-refractivity contribution in [1.82, 2.24) is 39.3 Å². The van der Waals surface area contributed by atoms with Crippen LogP contribution in [0.1, 0.15) is 31.9 Å². The standard InChI is InChI=1S/C14H20N8O2/c1-4-7-21-10(5-2)15-12-11(21)13(23)22(14(24)20(12)3)8-6-9-16-18-19-17-9/h4-8H2,1-3H3,(H,16,17,18,19). The van der Waals surface area contributed by atoms with Gasteiger partial charge in [-0.1, -0.05) is 19.1 Å². The maximum atomic E-state index is 12.9. The first-order valence-electron chi connectivity index (χ1n) is 7.99. The van der Waals surface area contributed by atoms with Crippen LogP contribution in [0.5, 0.6) is 0 Å². The van der Waals surface area contributed by atoms with Crippen LogP contribution in [0, 0.1) is 0 Å². The summed E-state index contributed by atoms with van der Waals surface area (Å²) in [5, 5.41) is 13.5. The molecule has 0 spiro atoms. The molecule has 0 fully saturated rings. The van der Waals surface area contributed by atoms with Gasteiger partial charge in [0.15, 0.2) is 17.0 Å². The lowest BCUT2D eigenvalue weighted by molar-refractivity contribution is 0.586. The summed E-state index contributed by atoms with van der Waals surface area (Å²) in [5.74, 6) is 1.27. The second-order valence-electron chi connectivity index (χ2n) is 5.58. The van der Waals surface area contributed by atoms with E-state index in [0.717, 1.165) is 12.2 Å². The van der Waals surface area contributed by atoms with Crippen molar-refractivity contribution in [1.29, 1.82) is 0 Å². The Bertz CT molecular complexity index is 963. The Hall–Kier alpha value is -2.78. The van der Waals surface area contributed by atoms with Crippen molar-refractivity contribution in [3.63, 3.8) is 0 Å². The lowest BCUT2D eigenvalue weighted by atomic mass is 10.3. The Morgan fingerprint density at radius 3 is 2.54 bits per heavy atom. The van der Waals surface area contributed by atoms with E-state index in [1.165, 1.54) is 9.13 Å².